The highest BCUT2D eigenvalue weighted by molar-refractivity contribution is 5.92. The summed E-state index contributed by atoms with van der Waals surface area (Å²) in [4.78, 5) is 11.9. The smallest absolute Gasteiger partial charge is 0.343 e. The fourth-order valence-electron chi connectivity index (χ4n) is 2.05. The fraction of sp³-hybridized carbons (Fsp3) is 0. The third-order valence-electron chi connectivity index (χ3n) is 3.09. The van der Waals surface area contributed by atoms with Crippen molar-refractivity contribution in [1.82, 2.24) is 0 Å². The average molecular weight is 282 g/mol. The third-order valence-corrected chi connectivity index (χ3v) is 3.09. The highest BCUT2D eigenvalue weighted by atomic mass is 19.1. The maximum atomic E-state index is 14.0. The van der Waals surface area contributed by atoms with E-state index >= 15 is 0 Å². The molecule has 0 amide bonds. The second-order valence-electron chi connectivity index (χ2n) is 4.57. The number of rotatable bonds is 2. The number of phenols is 1. The molecule has 104 valence electrons. The van der Waals surface area contributed by atoms with Gasteiger partial charge in [0.25, 0.3) is 0 Å². The van der Waals surface area contributed by atoms with Crippen LogP contribution in [0, 0.1) is 5.82 Å². The summed E-state index contributed by atoms with van der Waals surface area (Å²) in [5.41, 5.74) is 0.350. The van der Waals surface area contributed by atoms with E-state index in [2.05, 4.69) is 0 Å². The number of carbonyl (C=O) groups is 1. The van der Waals surface area contributed by atoms with Crippen LogP contribution in [0.2, 0.25) is 0 Å². The summed E-state index contributed by atoms with van der Waals surface area (Å²) >= 11 is 0. The Morgan fingerprint density at radius 2 is 1.71 bits per heavy atom. The zero-order chi connectivity index (χ0) is 14.8. The minimum atomic E-state index is -0.655. The largest absolute Gasteiger partial charge is 0.508 e. The topological polar surface area (TPSA) is 46.5 Å². The van der Waals surface area contributed by atoms with Crippen LogP contribution in [0.5, 0.6) is 11.5 Å². The van der Waals surface area contributed by atoms with Crippen molar-refractivity contribution in [3.05, 3.63) is 72.0 Å². The Labute approximate surface area is 120 Å². The van der Waals surface area contributed by atoms with Gasteiger partial charge in [-0.2, -0.15) is 0 Å². The van der Waals surface area contributed by atoms with Gasteiger partial charge in [-0.25, -0.2) is 9.18 Å². The van der Waals surface area contributed by atoms with E-state index in [0.717, 1.165) is 0 Å². The molecule has 0 unspecified atom stereocenters. The van der Waals surface area contributed by atoms with E-state index in [1.54, 1.807) is 36.4 Å². The fourth-order valence-corrected chi connectivity index (χ4v) is 2.05. The Hall–Kier alpha value is -2.88. The highest BCUT2D eigenvalue weighted by Crippen LogP contribution is 2.27. The number of hydrogen-bond donors (Lipinski definition) is 1. The molecule has 0 heterocycles. The molecule has 0 aliphatic rings. The van der Waals surface area contributed by atoms with E-state index < -0.39 is 11.8 Å². The zero-order valence-electron chi connectivity index (χ0n) is 10.9. The van der Waals surface area contributed by atoms with Crippen molar-refractivity contribution >= 4 is 16.7 Å². The Balaban J connectivity index is 1.95. The van der Waals surface area contributed by atoms with Crippen LogP contribution in [0.1, 0.15) is 10.4 Å². The molecule has 0 bridgehead atoms. The van der Waals surface area contributed by atoms with E-state index in [9.17, 15) is 14.3 Å². The van der Waals surface area contributed by atoms with Crippen LogP contribution in [-0.4, -0.2) is 11.1 Å². The van der Waals surface area contributed by atoms with E-state index in [1.165, 1.54) is 24.3 Å². The molecule has 0 radical (unpaired) electrons. The number of phenolic OH excluding ortho intramolecular Hbond substituents is 1. The monoisotopic (exact) mass is 282 g/mol. The number of aromatic hydroxyl groups is 1. The molecule has 21 heavy (non-hydrogen) atoms. The first kappa shape index (κ1) is 13.1. The standard InChI is InChI=1S/C17H11FO3/c18-15-9-13-8-14(19)7-6-12(13)10-16(15)21-17(20)11-4-2-1-3-5-11/h1-10,19H. The number of fused-ring (bicyclic) bond motifs is 1. The summed E-state index contributed by atoms with van der Waals surface area (Å²) < 4.78 is 19.1. The molecule has 0 saturated carbocycles. The SMILES string of the molecule is O=C(Oc1cc2ccc(O)cc2cc1F)c1ccccc1. The molecule has 0 atom stereocenters. The molecule has 4 heteroatoms. The van der Waals surface area contributed by atoms with E-state index in [0.29, 0.717) is 16.3 Å². The minimum absolute atomic E-state index is 0.0518. The molecule has 0 spiro atoms. The molecule has 0 aromatic heterocycles. The molecule has 0 fully saturated rings. The zero-order valence-corrected chi connectivity index (χ0v) is 10.9. The molecule has 3 rings (SSSR count). The first-order valence-corrected chi connectivity index (χ1v) is 6.33. The lowest BCUT2D eigenvalue weighted by molar-refractivity contribution is 0.0728. The molecule has 0 aliphatic heterocycles. The van der Waals surface area contributed by atoms with Gasteiger partial charge in [-0.3, -0.25) is 0 Å². The lowest BCUT2D eigenvalue weighted by atomic mass is 10.1. The number of benzene rings is 3. The van der Waals surface area contributed by atoms with E-state index in [-0.39, 0.29) is 11.5 Å². The van der Waals surface area contributed by atoms with Crippen LogP contribution in [0.3, 0.4) is 0 Å². The van der Waals surface area contributed by atoms with Gasteiger partial charge in [0.15, 0.2) is 11.6 Å². The van der Waals surface area contributed by atoms with Crippen LogP contribution in [0.15, 0.2) is 60.7 Å². The van der Waals surface area contributed by atoms with Gasteiger partial charge in [0.1, 0.15) is 5.75 Å². The lowest BCUT2D eigenvalue weighted by Gasteiger charge is -2.07. The molecule has 3 aromatic rings. The molecule has 0 saturated heterocycles. The van der Waals surface area contributed by atoms with Gasteiger partial charge in [-0.1, -0.05) is 24.3 Å². The third kappa shape index (κ3) is 2.69. The Morgan fingerprint density at radius 1 is 0.952 bits per heavy atom. The Kier molecular flexibility index (Phi) is 3.28. The van der Waals surface area contributed by atoms with Crippen molar-refractivity contribution in [3.8, 4) is 11.5 Å². The maximum absolute atomic E-state index is 14.0. The van der Waals surface area contributed by atoms with Crippen molar-refractivity contribution in [1.29, 1.82) is 0 Å². The first-order valence-electron chi connectivity index (χ1n) is 6.33. The number of esters is 1. The van der Waals surface area contributed by atoms with Gasteiger partial charge >= 0.3 is 5.97 Å². The normalized spacial score (nSPS) is 10.5. The van der Waals surface area contributed by atoms with Gasteiger partial charge in [-0.15, -0.1) is 0 Å². The lowest BCUT2D eigenvalue weighted by Crippen LogP contribution is -2.09. The molecule has 0 aliphatic carbocycles. The summed E-state index contributed by atoms with van der Waals surface area (Å²) in [5.74, 6) is -1.36. The van der Waals surface area contributed by atoms with Gasteiger partial charge in [0.2, 0.25) is 0 Å². The second kappa shape index (κ2) is 5.25. The van der Waals surface area contributed by atoms with E-state index in [1.807, 2.05) is 0 Å². The van der Waals surface area contributed by atoms with Gasteiger partial charge < -0.3 is 9.84 Å². The summed E-state index contributed by atoms with van der Waals surface area (Å²) in [6, 6.07) is 15.6. The molecule has 3 aromatic carbocycles. The van der Waals surface area contributed by atoms with Gasteiger partial charge in [-0.05, 0) is 47.2 Å². The van der Waals surface area contributed by atoms with Crippen molar-refractivity contribution in [2.24, 2.45) is 0 Å². The van der Waals surface area contributed by atoms with Crippen LogP contribution in [-0.2, 0) is 0 Å². The van der Waals surface area contributed by atoms with Gasteiger partial charge in [0.05, 0.1) is 5.56 Å². The van der Waals surface area contributed by atoms with Crippen molar-refractivity contribution in [2.75, 3.05) is 0 Å². The predicted octanol–water partition coefficient (Wildman–Crippen LogP) is 3.90. The number of halogens is 1. The summed E-state index contributed by atoms with van der Waals surface area (Å²) in [6.07, 6.45) is 0. The molecule has 1 N–H and O–H groups in total. The minimum Gasteiger partial charge on any atom is -0.508 e. The maximum Gasteiger partial charge on any atom is 0.343 e. The van der Waals surface area contributed by atoms with E-state index in [4.69, 9.17) is 4.74 Å². The molecule has 3 nitrogen and oxygen atoms in total. The highest BCUT2D eigenvalue weighted by Gasteiger charge is 2.12. The van der Waals surface area contributed by atoms with Crippen molar-refractivity contribution in [2.45, 2.75) is 0 Å². The summed E-state index contributed by atoms with van der Waals surface area (Å²) in [5, 5.41) is 10.6. The van der Waals surface area contributed by atoms with Gasteiger partial charge in [0, 0.05) is 0 Å². The summed E-state index contributed by atoms with van der Waals surface area (Å²) in [6.45, 7) is 0. The quantitative estimate of drug-likeness (QED) is 0.572. The number of carbonyl (C=O) groups excluding carboxylic acids is 1. The second-order valence-corrected chi connectivity index (χ2v) is 4.57. The van der Waals surface area contributed by atoms with Crippen LogP contribution in [0.4, 0.5) is 4.39 Å². The average Bonchev–Trinajstić information content (AvgIpc) is 2.49. The summed E-state index contributed by atoms with van der Waals surface area (Å²) in [7, 11) is 0. The number of ether oxygens (including phenoxy) is 1. The Bertz CT molecular complexity index is 813. The van der Waals surface area contributed by atoms with Crippen molar-refractivity contribution in [3.63, 3.8) is 0 Å². The molecular weight excluding hydrogens is 271 g/mol. The van der Waals surface area contributed by atoms with Crippen LogP contribution < -0.4 is 4.74 Å². The predicted molar refractivity (Wildman–Crippen MR) is 77.0 cm³/mol. The molecular formula is C17H11FO3. The van der Waals surface area contributed by atoms with Crippen LogP contribution in [0.25, 0.3) is 10.8 Å². The first-order chi connectivity index (χ1) is 10.1. The number of hydrogen-bond acceptors (Lipinski definition) is 3. The van der Waals surface area contributed by atoms with Crippen molar-refractivity contribution < 1.29 is 19.0 Å². The Morgan fingerprint density at radius 3 is 2.48 bits per heavy atom. The van der Waals surface area contributed by atoms with Crippen LogP contribution >= 0.6 is 0 Å².